The first-order chi connectivity index (χ1) is 9.34. The number of nitrogens with zero attached hydrogens (tertiary/aromatic N) is 2. The molecule has 8 heteroatoms. The van der Waals surface area contributed by atoms with Gasteiger partial charge in [0, 0.05) is 12.2 Å². The fourth-order valence-corrected chi connectivity index (χ4v) is 2.66. The van der Waals surface area contributed by atoms with Gasteiger partial charge in [-0.3, -0.25) is 0 Å². The van der Waals surface area contributed by atoms with Crippen LogP contribution in [0.3, 0.4) is 0 Å². The summed E-state index contributed by atoms with van der Waals surface area (Å²) < 4.78 is 27.0. The van der Waals surface area contributed by atoms with E-state index in [1.807, 2.05) is 0 Å². The summed E-state index contributed by atoms with van der Waals surface area (Å²) in [6, 6.07) is 5.19. The Labute approximate surface area is 117 Å². The predicted molar refractivity (Wildman–Crippen MR) is 77.6 cm³/mol. The van der Waals surface area contributed by atoms with Gasteiger partial charge in [-0.25, -0.2) is 18.1 Å². The van der Waals surface area contributed by atoms with Crippen molar-refractivity contribution in [1.29, 1.82) is 0 Å². The molecular weight excluding hydrogens is 280 g/mol. The number of aryl methyl sites for hydroxylation is 1. The number of sulfonamides is 1. The molecule has 1 aromatic heterocycles. The molecule has 0 radical (unpaired) electrons. The number of nitrogen functional groups attached to an aromatic ring is 1. The third kappa shape index (κ3) is 2.92. The van der Waals surface area contributed by atoms with E-state index in [0.717, 1.165) is 5.52 Å². The van der Waals surface area contributed by atoms with Gasteiger partial charge in [0.05, 0.1) is 16.8 Å². The Morgan fingerprint density at radius 2 is 2.20 bits per heavy atom. The minimum atomic E-state index is -3.32. The van der Waals surface area contributed by atoms with E-state index in [1.54, 1.807) is 29.7 Å². The highest BCUT2D eigenvalue weighted by Gasteiger charge is 2.17. The van der Waals surface area contributed by atoms with Crippen LogP contribution in [0.4, 0.5) is 5.69 Å². The van der Waals surface area contributed by atoms with Crippen molar-refractivity contribution in [2.75, 3.05) is 18.5 Å². The van der Waals surface area contributed by atoms with E-state index in [2.05, 4.69) is 9.71 Å². The van der Waals surface area contributed by atoms with Gasteiger partial charge in [-0.2, -0.15) is 0 Å². The van der Waals surface area contributed by atoms with Crippen LogP contribution in [0, 0.1) is 0 Å². The van der Waals surface area contributed by atoms with Crippen molar-refractivity contribution in [1.82, 2.24) is 14.3 Å². The summed E-state index contributed by atoms with van der Waals surface area (Å²) in [6.45, 7) is 1.80. The summed E-state index contributed by atoms with van der Waals surface area (Å²) in [4.78, 5) is 4.32. The van der Waals surface area contributed by atoms with Gasteiger partial charge in [0.15, 0.2) is 0 Å². The largest absolute Gasteiger partial charge is 0.399 e. The van der Waals surface area contributed by atoms with E-state index in [9.17, 15) is 13.5 Å². The minimum absolute atomic E-state index is 0.0843. The van der Waals surface area contributed by atoms with Crippen molar-refractivity contribution in [2.24, 2.45) is 0 Å². The Hall–Kier alpha value is -1.64. The molecular formula is C12H18N4O3S. The highest BCUT2D eigenvalue weighted by atomic mass is 32.2. The predicted octanol–water partition coefficient (Wildman–Crippen LogP) is 0.221. The van der Waals surface area contributed by atoms with E-state index < -0.39 is 16.1 Å². The molecule has 0 aliphatic carbocycles. The molecule has 2 rings (SSSR count). The second kappa shape index (κ2) is 5.39. The summed E-state index contributed by atoms with van der Waals surface area (Å²) in [6.07, 6.45) is -0.791. The van der Waals surface area contributed by atoms with Gasteiger partial charge >= 0.3 is 0 Å². The molecule has 2 aromatic rings. The number of benzene rings is 1. The SMILES string of the molecule is CNS(=O)(=O)CCn1c(C(C)O)nc2cc(N)ccc21. The Morgan fingerprint density at radius 3 is 2.80 bits per heavy atom. The Bertz CT molecular complexity index is 722. The van der Waals surface area contributed by atoms with Crippen molar-refractivity contribution in [3.05, 3.63) is 24.0 Å². The highest BCUT2D eigenvalue weighted by Crippen LogP contribution is 2.22. The molecule has 0 saturated carbocycles. The average Bonchev–Trinajstić information content (AvgIpc) is 2.74. The quantitative estimate of drug-likeness (QED) is 0.684. The second-order valence-corrected chi connectivity index (χ2v) is 6.61. The highest BCUT2D eigenvalue weighted by molar-refractivity contribution is 7.89. The fraction of sp³-hybridized carbons (Fsp3) is 0.417. The number of aliphatic hydroxyl groups is 1. The normalized spacial score (nSPS) is 13.8. The van der Waals surface area contributed by atoms with Gasteiger partial charge in [0.1, 0.15) is 11.9 Å². The van der Waals surface area contributed by atoms with Crippen molar-refractivity contribution in [3.8, 4) is 0 Å². The Balaban J connectivity index is 2.46. The molecule has 110 valence electrons. The number of fused-ring (bicyclic) bond motifs is 1. The van der Waals surface area contributed by atoms with Crippen LogP contribution < -0.4 is 10.5 Å². The molecule has 20 heavy (non-hydrogen) atoms. The zero-order valence-corrected chi connectivity index (χ0v) is 12.2. The maximum atomic E-state index is 11.5. The van der Waals surface area contributed by atoms with Gasteiger partial charge in [0.25, 0.3) is 0 Å². The molecule has 1 unspecified atom stereocenters. The molecule has 0 saturated heterocycles. The van der Waals surface area contributed by atoms with E-state index in [-0.39, 0.29) is 12.3 Å². The summed E-state index contributed by atoms with van der Waals surface area (Å²) in [5.41, 5.74) is 7.67. The molecule has 0 fully saturated rings. The van der Waals surface area contributed by atoms with Crippen LogP contribution in [0.5, 0.6) is 0 Å². The van der Waals surface area contributed by atoms with Gasteiger partial charge in [0.2, 0.25) is 10.0 Å². The molecule has 0 aliphatic heterocycles. The van der Waals surface area contributed by atoms with Crippen LogP contribution >= 0.6 is 0 Å². The molecule has 1 heterocycles. The maximum absolute atomic E-state index is 11.5. The number of nitrogens with two attached hydrogens (primary N) is 1. The van der Waals surface area contributed by atoms with Crippen LogP contribution in [0.25, 0.3) is 11.0 Å². The van der Waals surface area contributed by atoms with Crippen LogP contribution in [-0.4, -0.2) is 35.9 Å². The number of aliphatic hydroxyl groups excluding tert-OH is 1. The van der Waals surface area contributed by atoms with Gasteiger partial charge in [-0.1, -0.05) is 0 Å². The summed E-state index contributed by atoms with van der Waals surface area (Å²) >= 11 is 0. The van der Waals surface area contributed by atoms with E-state index in [0.29, 0.717) is 17.0 Å². The Kier molecular flexibility index (Phi) is 3.98. The van der Waals surface area contributed by atoms with Gasteiger partial charge < -0.3 is 15.4 Å². The zero-order valence-electron chi connectivity index (χ0n) is 11.4. The monoisotopic (exact) mass is 298 g/mol. The van der Waals surface area contributed by atoms with Gasteiger partial charge in [-0.15, -0.1) is 0 Å². The summed E-state index contributed by atoms with van der Waals surface area (Å²) in [7, 11) is -1.95. The lowest BCUT2D eigenvalue weighted by Crippen LogP contribution is -2.25. The summed E-state index contributed by atoms with van der Waals surface area (Å²) in [5.74, 6) is 0.343. The lowest BCUT2D eigenvalue weighted by molar-refractivity contribution is 0.185. The fourth-order valence-electron chi connectivity index (χ4n) is 2.03. The number of nitrogens with one attached hydrogen (secondary N) is 1. The van der Waals surface area contributed by atoms with E-state index in [1.165, 1.54) is 7.05 Å². The number of hydrogen-bond donors (Lipinski definition) is 3. The van der Waals surface area contributed by atoms with Gasteiger partial charge in [-0.05, 0) is 32.2 Å². The Morgan fingerprint density at radius 1 is 1.50 bits per heavy atom. The average molecular weight is 298 g/mol. The second-order valence-electron chi connectivity index (χ2n) is 4.57. The molecule has 0 spiro atoms. The first kappa shape index (κ1) is 14.8. The molecule has 0 bridgehead atoms. The molecule has 1 aromatic carbocycles. The third-order valence-corrected chi connectivity index (χ3v) is 4.41. The number of hydrogen-bond acceptors (Lipinski definition) is 5. The number of imidazole rings is 1. The molecule has 4 N–H and O–H groups in total. The van der Waals surface area contributed by atoms with Crippen LogP contribution in [0.2, 0.25) is 0 Å². The van der Waals surface area contributed by atoms with E-state index in [4.69, 9.17) is 5.73 Å². The van der Waals surface area contributed by atoms with Crippen molar-refractivity contribution >= 4 is 26.7 Å². The summed E-state index contributed by atoms with van der Waals surface area (Å²) in [5, 5.41) is 9.78. The topological polar surface area (TPSA) is 110 Å². The van der Waals surface area contributed by atoms with Crippen LogP contribution in [-0.2, 0) is 16.6 Å². The molecule has 0 amide bonds. The maximum Gasteiger partial charge on any atom is 0.213 e. The third-order valence-electron chi connectivity index (χ3n) is 3.07. The van der Waals surface area contributed by atoms with Crippen molar-refractivity contribution in [2.45, 2.75) is 19.6 Å². The van der Waals surface area contributed by atoms with Crippen LogP contribution in [0.1, 0.15) is 18.9 Å². The molecule has 0 aliphatic rings. The zero-order chi connectivity index (χ0) is 14.9. The molecule has 1 atom stereocenters. The lowest BCUT2D eigenvalue weighted by atomic mass is 10.3. The van der Waals surface area contributed by atoms with E-state index >= 15 is 0 Å². The smallest absolute Gasteiger partial charge is 0.213 e. The van der Waals surface area contributed by atoms with Crippen molar-refractivity contribution < 1.29 is 13.5 Å². The minimum Gasteiger partial charge on any atom is -0.399 e. The van der Waals surface area contributed by atoms with Crippen molar-refractivity contribution in [3.63, 3.8) is 0 Å². The standard InChI is InChI=1S/C12H18N4O3S/c1-8(17)12-15-10-7-9(13)3-4-11(10)16(12)5-6-20(18,19)14-2/h3-4,7-8,14,17H,5-6,13H2,1-2H3. The first-order valence-corrected chi connectivity index (χ1v) is 7.84. The number of anilines is 1. The first-order valence-electron chi connectivity index (χ1n) is 6.19. The molecule has 7 nitrogen and oxygen atoms in total. The lowest BCUT2D eigenvalue weighted by Gasteiger charge is -2.11. The number of aromatic nitrogens is 2. The number of rotatable bonds is 5. The van der Waals surface area contributed by atoms with Crippen LogP contribution in [0.15, 0.2) is 18.2 Å².